The predicted octanol–water partition coefficient (Wildman–Crippen LogP) is 0.968. The van der Waals surface area contributed by atoms with Crippen molar-refractivity contribution in [1.29, 1.82) is 0 Å². The zero-order valence-electron chi connectivity index (χ0n) is 10.2. The van der Waals surface area contributed by atoms with Crippen LogP contribution in [0.5, 0.6) is 0 Å². The van der Waals surface area contributed by atoms with Crippen LogP contribution in [0.3, 0.4) is 0 Å². The van der Waals surface area contributed by atoms with E-state index in [1.54, 1.807) is 26.0 Å². The molecule has 18 heavy (non-hydrogen) atoms. The van der Waals surface area contributed by atoms with E-state index in [0.29, 0.717) is 11.3 Å². The Hall–Kier alpha value is -1.60. The van der Waals surface area contributed by atoms with Gasteiger partial charge in [0.1, 0.15) is 0 Å². The second kappa shape index (κ2) is 5.83. The van der Waals surface area contributed by atoms with Crippen LogP contribution < -0.4 is 9.44 Å². The molecule has 0 spiro atoms. The molecule has 6 nitrogen and oxygen atoms in total. The summed E-state index contributed by atoms with van der Waals surface area (Å²) in [5, 5.41) is 8.60. The molecular formula is C11H16N2O4S. The van der Waals surface area contributed by atoms with Gasteiger partial charge >= 0.3 is 5.97 Å². The fourth-order valence-corrected chi connectivity index (χ4v) is 2.49. The Morgan fingerprint density at radius 3 is 2.28 bits per heavy atom. The Labute approximate surface area is 106 Å². The Morgan fingerprint density at radius 2 is 1.83 bits per heavy atom. The molecule has 0 radical (unpaired) electrons. The summed E-state index contributed by atoms with van der Waals surface area (Å²) in [5.74, 6) is -0.926. The second-order valence-corrected chi connectivity index (χ2v) is 5.59. The van der Waals surface area contributed by atoms with Crippen molar-refractivity contribution in [2.24, 2.45) is 0 Å². The molecule has 0 saturated heterocycles. The van der Waals surface area contributed by atoms with E-state index in [1.165, 1.54) is 12.1 Å². The van der Waals surface area contributed by atoms with Crippen LogP contribution in [0.2, 0.25) is 0 Å². The minimum atomic E-state index is -3.59. The number of rotatable bonds is 6. The first-order valence-electron chi connectivity index (χ1n) is 5.39. The van der Waals surface area contributed by atoms with Crippen LogP contribution in [0.15, 0.2) is 24.3 Å². The van der Waals surface area contributed by atoms with Crippen LogP contribution in [0.25, 0.3) is 0 Å². The molecule has 100 valence electrons. The van der Waals surface area contributed by atoms with Gasteiger partial charge in [0.05, 0.1) is 6.42 Å². The molecule has 0 heterocycles. The van der Waals surface area contributed by atoms with E-state index in [0.717, 1.165) is 0 Å². The molecule has 1 rings (SSSR count). The number of carboxylic acids is 1. The van der Waals surface area contributed by atoms with Gasteiger partial charge in [-0.05, 0) is 31.5 Å². The maximum atomic E-state index is 11.6. The average molecular weight is 272 g/mol. The summed E-state index contributed by atoms with van der Waals surface area (Å²) in [6.07, 6.45) is -0.0860. The normalized spacial score (nSPS) is 11.5. The van der Waals surface area contributed by atoms with Gasteiger partial charge in [-0.25, -0.2) is 0 Å². The summed E-state index contributed by atoms with van der Waals surface area (Å²) in [7, 11) is -3.59. The number of benzene rings is 1. The summed E-state index contributed by atoms with van der Waals surface area (Å²) >= 11 is 0. The third kappa shape index (κ3) is 5.15. The highest BCUT2D eigenvalue weighted by Gasteiger charge is 2.11. The summed E-state index contributed by atoms with van der Waals surface area (Å²) in [5.41, 5.74) is 1.000. The molecule has 0 aliphatic rings. The third-order valence-electron chi connectivity index (χ3n) is 1.95. The van der Waals surface area contributed by atoms with Crippen molar-refractivity contribution in [3.05, 3.63) is 29.8 Å². The smallest absolute Gasteiger partial charge is 0.307 e. The molecule has 0 unspecified atom stereocenters. The highest BCUT2D eigenvalue weighted by molar-refractivity contribution is 7.90. The number of hydrogen-bond donors (Lipinski definition) is 3. The van der Waals surface area contributed by atoms with Gasteiger partial charge in [0.15, 0.2) is 0 Å². The Bertz CT molecular complexity index is 508. The number of anilines is 1. The molecule has 7 heteroatoms. The van der Waals surface area contributed by atoms with Crippen LogP contribution in [0, 0.1) is 0 Å². The fraction of sp³-hybridized carbons (Fsp3) is 0.364. The second-order valence-electron chi connectivity index (χ2n) is 4.15. The van der Waals surface area contributed by atoms with Gasteiger partial charge in [-0.3, -0.25) is 9.52 Å². The molecule has 0 fully saturated rings. The van der Waals surface area contributed by atoms with Crippen molar-refractivity contribution >= 4 is 21.9 Å². The number of hydrogen-bond acceptors (Lipinski definition) is 3. The Kier molecular flexibility index (Phi) is 4.69. The van der Waals surface area contributed by atoms with E-state index >= 15 is 0 Å². The minimum Gasteiger partial charge on any atom is -0.481 e. The molecule has 0 amide bonds. The molecule has 1 aromatic rings. The SMILES string of the molecule is CC(C)NS(=O)(=O)Nc1ccc(CC(=O)O)cc1. The molecule has 0 aliphatic carbocycles. The van der Waals surface area contributed by atoms with Gasteiger partial charge in [0, 0.05) is 11.7 Å². The van der Waals surface area contributed by atoms with Crippen molar-refractivity contribution in [2.45, 2.75) is 26.3 Å². The van der Waals surface area contributed by atoms with Crippen LogP contribution in [-0.2, 0) is 21.4 Å². The van der Waals surface area contributed by atoms with E-state index in [9.17, 15) is 13.2 Å². The van der Waals surface area contributed by atoms with Crippen molar-refractivity contribution in [3.63, 3.8) is 0 Å². The lowest BCUT2D eigenvalue weighted by Crippen LogP contribution is -2.35. The van der Waals surface area contributed by atoms with Gasteiger partial charge in [-0.15, -0.1) is 0 Å². The lowest BCUT2D eigenvalue weighted by Gasteiger charge is -2.11. The third-order valence-corrected chi connectivity index (χ3v) is 3.24. The number of carbonyl (C=O) groups is 1. The first kappa shape index (κ1) is 14.5. The molecular weight excluding hydrogens is 256 g/mol. The topological polar surface area (TPSA) is 95.5 Å². The number of nitrogens with one attached hydrogen (secondary N) is 2. The predicted molar refractivity (Wildman–Crippen MR) is 68.6 cm³/mol. The standard InChI is InChI=1S/C11H16N2O4S/c1-8(2)12-18(16,17)13-10-5-3-9(4-6-10)7-11(14)15/h3-6,8,12-13H,7H2,1-2H3,(H,14,15). The van der Waals surface area contributed by atoms with Crippen molar-refractivity contribution < 1.29 is 18.3 Å². The van der Waals surface area contributed by atoms with Crippen LogP contribution in [-0.4, -0.2) is 25.5 Å². The van der Waals surface area contributed by atoms with Crippen LogP contribution in [0.1, 0.15) is 19.4 Å². The highest BCUT2D eigenvalue weighted by atomic mass is 32.2. The van der Waals surface area contributed by atoms with Crippen molar-refractivity contribution in [1.82, 2.24) is 4.72 Å². The minimum absolute atomic E-state index is 0.0860. The van der Waals surface area contributed by atoms with Crippen molar-refractivity contribution in [2.75, 3.05) is 4.72 Å². The summed E-state index contributed by atoms with van der Waals surface area (Å²) in [6.45, 7) is 3.43. The highest BCUT2D eigenvalue weighted by Crippen LogP contribution is 2.11. The van der Waals surface area contributed by atoms with Crippen molar-refractivity contribution in [3.8, 4) is 0 Å². The molecule has 0 aliphatic heterocycles. The lowest BCUT2D eigenvalue weighted by atomic mass is 10.1. The Morgan fingerprint density at radius 1 is 1.28 bits per heavy atom. The molecule has 0 saturated carbocycles. The summed E-state index contributed by atoms with van der Waals surface area (Å²) < 4.78 is 27.8. The van der Waals surface area contributed by atoms with Gasteiger partial charge in [0.2, 0.25) is 0 Å². The Balaban J connectivity index is 2.72. The van der Waals surface area contributed by atoms with Crippen LogP contribution >= 0.6 is 0 Å². The largest absolute Gasteiger partial charge is 0.481 e. The monoisotopic (exact) mass is 272 g/mol. The zero-order valence-corrected chi connectivity index (χ0v) is 11.0. The van der Waals surface area contributed by atoms with Gasteiger partial charge in [-0.1, -0.05) is 12.1 Å². The molecule has 3 N–H and O–H groups in total. The zero-order chi connectivity index (χ0) is 13.8. The van der Waals surface area contributed by atoms with Gasteiger partial charge in [0.25, 0.3) is 10.2 Å². The van der Waals surface area contributed by atoms with Gasteiger partial charge in [-0.2, -0.15) is 13.1 Å². The van der Waals surface area contributed by atoms with E-state index in [4.69, 9.17) is 5.11 Å². The maximum absolute atomic E-state index is 11.6. The summed E-state index contributed by atoms with van der Waals surface area (Å²) in [6, 6.07) is 5.99. The molecule has 0 bridgehead atoms. The quantitative estimate of drug-likeness (QED) is 0.719. The summed E-state index contributed by atoms with van der Waals surface area (Å²) in [4.78, 5) is 10.5. The van der Waals surface area contributed by atoms with E-state index < -0.39 is 16.2 Å². The average Bonchev–Trinajstić information content (AvgIpc) is 2.17. The first-order chi connectivity index (χ1) is 8.28. The van der Waals surface area contributed by atoms with E-state index in [-0.39, 0.29) is 12.5 Å². The lowest BCUT2D eigenvalue weighted by molar-refractivity contribution is -0.136. The number of aliphatic carboxylic acids is 1. The first-order valence-corrected chi connectivity index (χ1v) is 6.87. The van der Waals surface area contributed by atoms with E-state index in [1.807, 2.05) is 0 Å². The van der Waals surface area contributed by atoms with Crippen LogP contribution in [0.4, 0.5) is 5.69 Å². The molecule has 1 aromatic carbocycles. The number of carboxylic acid groups (broad SMARTS) is 1. The van der Waals surface area contributed by atoms with Gasteiger partial charge < -0.3 is 5.11 Å². The molecule has 0 aromatic heterocycles. The maximum Gasteiger partial charge on any atom is 0.307 e. The molecule has 0 atom stereocenters. The fourth-order valence-electron chi connectivity index (χ4n) is 1.36. The van der Waals surface area contributed by atoms with E-state index in [2.05, 4.69) is 9.44 Å².